The maximum Gasteiger partial charge on any atom is 0.291 e. The molecule has 6 nitrogen and oxygen atoms in total. The lowest BCUT2D eigenvalue weighted by atomic mass is 10.2. The number of hydrogen-bond acceptors (Lipinski definition) is 5. The summed E-state index contributed by atoms with van der Waals surface area (Å²) in [4.78, 5) is 22.7. The summed E-state index contributed by atoms with van der Waals surface area (Å²) in [7, 11) is 3.77. The second-order valence-corrected chi connectivity index (χ2v) is 7.00. The van der Waals surface area contributed by atoms with Gasteiger partial charge in [-0.3, -0.25) is 4.79 Å². The Hall–Kier alpha value is -2.68. The van der Waals surface area contributed by atoms with Gasteiger partial charge in [-0.05, 0) is 41.6 Å². The molecule has 0 saturated carbocycles. The first-order valence-corrected chi connectivity index (χ1v) is 9.11. The van der Waals surface area contributed by atoms with Crippen molar-refractivity contribution < 1.29 is 13.6 Å². The van der Waals surface area contributed by atoms with Gasteiger partial charge in [0.2, 0.25) is 5.91 Å². The third-order valence-corrected chi connectivity index (χ3v) is 4.57. The van der Waals surface area contributed by atoms with E-state index in [0.717, 1.165) is 11.4 Å². The minimum Gasteiger partial charge on any atom is -0.363 e. The molecule has 1 aromatic carbocycles. The highest BCUT2D eigenvalue weighted by atomic mass is 32.2. The Morgan fingerprint density at radius 1 is 1.30 bits per heavy atom. The number of benzene rings is 1. The molecular formula is C18H19F2N5OS. The number of halogens is 2. The highest BCUT2D eigenvalue weighted by Crippen LogP contribution is 2.28. The normalized spacial score (nSPS) is 11.1. The molecule has 0 aliphatic rings. The Labute approximate surface area is 159 Å². The van der Waals surface area contributed by atoms with Gasteiger partial charge in [0.25, 0.3) is 5.76 Å². The highest BCUT2D eigenvalue weighted by Gasteiger charge is 2.17. The van der Waals surface area contributed by atoms with E-state index in [4.69, 9.17) is 0 Å². The van der Waals surface area contributed by atoms with Crippen LogP contribution in [0, 0.1) is 0 Å². The van der Waals surface area contributed by atoms with Gasteiger partial charge in [0.1, 0.15) is 12.4 Å². The summed E-state index contributed by atoms with van der Waals surface area (Å²) in [6, 6.07) is 10.8. The summed E-state index contributed by atoms with van der Waals surface area (Å²) in [5.41, 5.74) is 2.13. The van der Waals surface area contributed by atoms with Crippen LogP contribution in [0.1, 0.15) is 5.56 Å². The number of thioether (sulfide) groups is 1. The molecular weight excluding hydrogens is 372 g/mol. The fraction of sp³-hybridized carbons (Fsp3) is 0.278. The van der Waals surface area contributed by atoms with Crippen molar-refractivity contribution in [3.8, 4) is 0 Å². The number of alkyl halides is 2. The Morgan fingerprint density at radius 3 is 2.81 bits per heavy atom. The molecule has 0 fully saturated rings. The summed E-state index contributed by atoms with van der Waals surface area (Å²) in [6.45, 7) is 0.243. The van der Waals surface area contributed by atoms with Crippen molar-refractivity contribution in [2.75, 3.05) is 19.0 Å². The highest BCUT2D eigenvalue weighted by molar-refractivity contribution is 7.99. The summed E-state index contributed by atoms with van der Waals surface area (Å²) >= 11 is 0.337. The SMILES string of the molecule is CN(C)c1cc(CNC(=O)Cn2c(SC(F)F)nc3ccccc32)ccn1. The van der Waals surface area contributed by atoms with E-state index < -0.39 is 5.76 Å². The number of rotatable bonds is 7. The van der Waals surface area contributed by atoms with E-state index in [9.17, 15) is 13.6 Å². The number of fused-ring (bicyclic) bond motifs is 1. The van der Waals surface area contributed by atoms with Crippen LogP contribution in [-0.2, 0) is 17.9 Å². The number of carbonyl (C=O) groups is 1. The quantitative estimate of drug-likeness (QED) is 0.627. The second kappa shape index (κ2) is 8.34. The van der Waals surface area contributed by atoms with Crippen LogP contribution in [0.3, 0.4) is 0 Å². The number of imidazole rings is 1. The van der Waals surface area contributed by atoms with E-state index in [-0.39, 0.29) is 17.6 Å². The number of nitrogens with zero attached hydrogens (tertiary/aromatic N) is 4. The van der Waals surface area contributed by atoms with Gasteiger partial charge in [0, 0.05) is 26.8 Å². The van der Waals surface area contributed by atoms with Crippen LogP contribution < -0.4 is 10.2 Å². The number of pyridine rings is 1. The molecule has 0 spiro atoms. The number of hydrogen-bond donors (Lipinski definition) is 1. The van der Waals surface area contributed by atoms with Crippen molar-refractivity contribution in [3.05, 3.63) is 48.2 Å². The van der Waals surface area contributed by atoms with Crippen LogP contribution in [0.25, 0.3) is 11.0 Å². The van der Waals surface area contributed by atoms with Crippen molar-refractivity contribution in [2.45, 2.75) is 24.0 Å². The Bertz CT molecular complexity index is 944. The Kier molecular flexibility index (Phi) is 5.90. The molecule has 1 N–H and O–H groups in total. The van der Waals surface area contributed by atoms with Crippen molar-refractivity contribution in [3.63, 3.8) is 0 Å². The Morgan fingerprint density at radius 2 is 2.07 bits per heavy atom. The standard InChI is InChI=1S/C18H19F2N5OS/c1-24(2)15-9-12(7-8-21-15)10-22-16(26)11-25-14-6-4-3-5-13(14)23-18(25)27-17(19)20/h3-9,17H,10-11H2,1-2H3,(H,22,26). The lowest BCUT2D eigenvalue weighted by Gasteiger charge is -2.13. The first-order valence-electron chi connectivity index (χ1n) is 8.23. The number of carbonyl (C=O) groups excluding carboxylic acids is 1. The zero-order valence-corrected chi connectivity index (χ0v) is 15.7. The molecule has 3 aromatic rings. The molecule has 0 aliphatic carbocycles. The summed E-state index contributed by atoms with van der Waals surface area (Å²) in [5, 5.41) is 2.94. The van der Waals surface area contributed by atoms with E-state index in [2.05, 4.69) is 15.3 Å². The minimum atomic E-state index is -2.61. The number of amides is 1. The molecule has 0 atom stereocenters. The summed E-state index contributed by atoms with van der Waals surface area (Å²) in [6.07, 6.45) is 1.68. The molecule has 142 valence electrons. The monoisotopic (exact) mass is 391 g/mol. The smallest absolute Gasteiger partial charge is 0.291 e. The van der Waals surface area contributed by atoms with Gasteiger partial charge >= 0.3 is 0 Å². The molecule has 0 saturated heterocycles. The van der Waals surface area contributed by atoms with Crippen molar-refractivity contribution >= 4 is 34.5 Å². The van der Waals surface area contributed by atoms with E-state index in [1.54, 1.807) is 30.5 Å². The van der Waals surface area contributed by atoms with Gasteiger partial charge in [-0.2, -0.15) is 8.78 Å². The van der Waals surface area contributed by atoms with E-state index >= 15 is 0 Å². The van der Waals surface area contributed by atoms with E-state index in [0.29, 0.717) is 29.3 Å². The predicted molar refractivity (Wildman–Crippen MR) is 102 cm³/mol. The maximum absolute atomic E-state index is 12.8. The third kappa shape index (κ3) is 4.73. The molecule has 9 heteroatoms. The minimum absolute atomic E-state index is 0.0822. The molecule has 2 heterocycles. The molecule has 27 heavy (non-hydrogen) atoms. The van der Waals surface area contributed by atoms with Crippen LogP contribution in [0.15, 0.2) is 47.8 Å². The first kappa shape index (κ1) is 19.1. The van der Waals surface area contributed by atoms with Gasteiger partial charge in [0.05, 0.1) is 11.0 Å². The molecule has 3 rings (SSSR count). The second-order valence-electron chi connectivity index (χ2n) is 6.04. The lowest BCUT2D eigenvalue weighted by Crippen LogP contribution is -2.27. The molecule has 1 amide bonds. The van der Waals surface area contributed by atoms with Crippen LogP contribution in [0.4, 0.5) is 14.6 Å². The lowest BCUT2D eigenvalue weighted by molar-refractivity contribution is -0.121. The van der Waals surface area contributed by atoms with Gasteiger partial charge in [-0.15, -0.1) is 0 Å². The molecule has 0 aliphatic heterocycles. The zero-order chi connectivity index (χ0) is 19.4. The first-order chi connectivity index (χ1) is 12.9. The summed E-state index contributed by atoms with van der Waals surface area (Å²) in [5.74, 6) is -2.10. The average molecular weight is 391 g/mol. The van der Waals surface area contributed by atoms with Crippen LogP contribution in [-0.4, -0.2) is 40.3 Å². The molecule has 0 radical (unpaired) electrons. The van der Waals surface area contributed by atoms with E-state index in [1.165, 1.54) is 4.57 Å². The van der Waals surface area contributed by atoms with Gasteiger partial charge in [0.15, 0.2) is 5.16 Å². The fourth-order valence-electron chi connectivity index (χ4n) is 2.59. The van der Waals surface area contributed by atoms with Crippen LogP contribution in [0.5, 0.6) is 0 Å². The molecule has 0 bridgehead atoms. The van der Waals surface area contributed by atoms with Crippen molar-refractivity contribution in [1.29, 1.82) is 0 Å². The van der Waals surface area contributed by atoms with Gasteiger partial charge in [-0.1, -0.05) is 12.1 Å². The van der Waals surface area contributed by atoms with Gasteiger partial charge < -0.3 is 14.8 Å². The van der Waals surface area contributed by atoms with E-state index in [1.807, 2.05) is 31.1 Å². The number of nitrogens with one attached hydrogen (secondary N) is 1. The van der Waals surface area contributed by atoms with Crippen molar-refractivity contribution in [1.82, 2.24) is 19.9 Å². The predicted octanol–water partition coefficient (Wildman–Crippen LogP) is 3.13. The van der Waals surface area contributed by atoms with Crippen LogP contribution >= 0.6 is 11.8 Å². The zero-order valence-electron chi connectivity index (χ0n) is 14.9. The maximum atomic E-state index is 12.8. The molecule has 2 aromatic heterocycles. The largest absolute Gasteiger partial charge is 0.363 e. The third-order valence-electron chi connectivity index (χ3n) is 3.87. The molecule has 0 unspecified atom stereocenters. The van der Waals surface area contributed by atoms with Crippen molar-refractivity contribution in [2.24, 2.45) is 0 Å². The van der Waals surface area contributed by atoms with Gasteiger partial charge in [-0.25, -0.2) is 9.97 Å². The number of para-hydroxylation sites is 2. The summed E-state index contributed by atoms with van der Waals surface area (Å²) < 4.78 is 27.2. The fourth-order valence-corrected chi connectivity index (χ4v) is 3.19. The average Bonchev–Trinajstić information content (AvgIpc) is 2.97. The number of aromatic nitrogens is 3. The Balaban J connectivity index is 1.73. The van der Waals surface area contributed by atoms with Crippen LogP contribution in [0.2, 0.25) is 0 Å². The number of anilines is 1. The topological polar surface area (TPSA) is 63.1 Å².